The first-order valence-electron chi connectivity index (χ1n) is 10.1. The van der Waals surface area contributed by atoms with Gasteiger partial charge in [0.25, 0.3) is 0 Å². The molecule has 1 heteroatoms. The van der Waals surface area contributed by atoms with E-state index >= 15 is 0 Å². The minimum Gasteiger partial charge on any atom is -0.303 e. The van der Waals surface area contributed by atoms with Gasteiger partial charge in [-0.05, 0) is 72.6 Å². The lowest BCUT2D eigenvalue weighted by Gasteiger charge is -2.51. The molecule has 0 rings (SSSR count). The van der Waals surface area contributed by atoms with Crippen LogP contribution in [0.15, 0.2) is 36.5 Å². The highest BCUT2D eigenvalue weighted by molar-refractivity contribution is 5.21. The van der Waals surface area contributed by atoms with E-state index in [9.17, 15) is 0 Å². The van der Waals surface area contributed by atoms with Crippen LogP contribution in [0.3, 0.4) is 0 Å². The van der Waals surface area contributed by atoms with Crippen molar-refractivity contribution >= 4 is 0 Å². The summed E-state index contributed by atoms with van der Waals surface area (Å²) in [6, 6.07) is 0. The molecule has 146 valence electrons. The molecule has 1 atom stereocenters. The zero-order chi connectivity index (χ0) is 19.9. The van der Waals surface area contributed by atoms with Crippen LogP contribution in [-0.2, 0) is 0 Å². The minimum absolute atomic E-state index is 0.00562. The number of hydrogen-bond donors (Lipinski definition) is 1. The van der Waals surface area contributed by atoms with Crippen molar-refractivity contribution in [3.05, 3.63) is 36.5 Å². The summed E-state index contributed by atoms with van der Waals surface area (Å²) in [6.07, 6.45) is 13.8. The quantitative estimate of drug-likeness (QED) is 0.382. The first-order valence-corrected chi connectivity index (χ1v) is 10.1. The van der Waals surface area contributed by atoms with E-state index < -0.39 is 0 Å². The van der Waals surface area contributed by atoms with Crippen LogP contribution >= 0.6 is 0 Å². The van der Waals surface area contributed by atoms with E-state index in [4.69, 9.17) is 0 Å². The number of allylic oxidation sites excluding steroid dienone is 4. The van der Waals surface area contributed by atoms with E-state index in [0.29, 0.717) is 0 Å². The maximum atomic E-state index is 4.24. The van der Waals surface area contributed by atoms with Crippen LogP contribution in [0.2, 0.25) is 0 Å². The van der Waals surface area contributed by atoms with Crippen molar-refractivity contribution in [2.75, 3.05) is 0 Å². The third-order valence-corrected chi connectivity index (χ3v) is 6.61. The monoisotopic (exact) mass is 347 g/mol. The molecule has 1 nitrogen and oxygen atoms in total. The van der Waals surface area contributed by atoms with E-state index in [2.05, 4.69) is 105 Å². The maximum absolute atomic E-state index is 4.24. The van der Waals surface area contributed by atoms with Gasteiger partial charge < -0.3 is 5.32 Å². The van der Waals surface area contributed by atoms with Gasteiger partial charge in [-0.15, -0.1) is 0 Å². The number of hydrogen-bond acceptors (Lipinski definition) is 1. The zero-order valence-electron chi connectivity index (χ0n) is 18.8. The Balaban J connectivity index is 6.05. The van der Waals surface area contributed by atoms with Gasteiger partial charge in [0.2, 0.25) is 0 Å². The fourth-order valence-corrected chi connectivity index (χ4v) is 4.31. The predicted molar refractivity (Wildman–Crippen MR) is 116 cm³/mol. The van der Waals surface area contributed by atoms with Crippen LogP contribution in [0, 0.1) is 10.8 Å². The third-order valence-electron chi connectivity index (χ3n) is 6.61. The molecule has 0 saturated carbocycles. The maximum Gasteiger partial charge on any atom is 0.0361 e. The van der Waals surface area contributed by atoms with Gasteiger partial charge in [-0.3, -0.25) is 0 Å². The van der Waals surface area contributed by atoms with Crippen LogP contribution in [0.25, 0.3) is 0 Å². The van der Waals surface area contributed by atoms with Crippen molar-refractivity contribution in [1.29, 1.82) is 0 Å². The Labute approximate surface area is 159 Å². The van der Waals surface area contributed by atoms with Crippen molar-refractivity contribution in [2.45, 2.75) is 106 Å². The Morgan fingerprint density at radius 3 is 1.60 bits per heavy atom. The smallest absolute Gasteiger partial charge is 0.0361 e. The number of nitrogens with one attached hydrogen (secondary N) is 1. The van der Waals surface area contributed by atoms with E-state index in [1.807, 2.05) is 0 Å². The summed E-state index contributed by atoms with van der Waals surface area (Å²) in [7, 11) is 0. The van der Waals surface area contributed by atoms with Crippen molar-refractivity contribution in [3.8, 4) is 0 Å². The average Bonchev–Trinajstić information content (AvgIpc) is 2.53. The highest BCUT2D eigenvalue weighted by Gasteiger charge is 2.46. The normalized spacial score (nSPS) is 18.5. The van der Waals surface area contributed by atoms with Crippen LogP contribution in [0.5, 0.6) is 0 Å². The molecule has 1 unspecified atom stereocenters. The minimum atomic E-state index is -0.0318. The zero-order valence-corrected chi connectivity index (χ0v) is 18.8. The lowest BCUT2D eigenvalue weighted by molar-refractivity contribution is 0.0864. The molecule has 25 heavy (non-hydrogen) atoms. The van der Waals surface area contributed by atoms with E-state index in [-0.39, 0.29) is 21.9 Å². The van der Waals surface area contributed by atoms with E-state index in [1.54, 1.807) is 0 Å². The molecule has 0 aliphatic rings. The second-order valence-electron chi connectivity index (χ2n) is 8.96. The standard InChI is InChI=1S/C24H45N/c1-12-17-24(18-13-2,22(10,14-3)15-4)19-21(8,9)25-23(11,16-5)20(6)7/h12-13,17-18,25H,6,14-16,19H2,1-5,7-11H3. The van der Waals surface area contributed by atoms with Crippen LogP contribution < -0.4 is 5.32 Å². The second-order valence-corrected chi connectivity index (χ2v) is 8.96. The first-order chi connectivity index (χ1) is 11.4. The Kier molecular flexibility index (Phi) is 8.91. The van der Waals surface area contributed by atoms with Crippen molar-refractivity contribution in [3.63, 3.8) is 0 Å². The summed E-state index contributed by atoms with van der Waals surface area (Å²) in [4.78, 5) is 0. The fourth-order valence-electron chi connectivity index (χ4n) is 4.31. The molecule has 0 aromatic heterocycles. The van der Waals surface area contributed by atoms with Gasteiger partial charge in [-0.1, -0.05) is 64.2 Å². The lowest BCUT2D eigenvalue weighted by Crippen LogP contribution is -2.57. The second kappa shape index (κ2) is 9.21. The fraction of sp³-hybridized carbons (Fsp3) is 0.750. The summed E-state index contributed by atoms with van der Waals surface area (Å²) >= 11 is 0. The molecule has 0 amide bonds. The largest absolute Gasteiger partial charge is 0.303 e. The van der Waals surface area contributed by atoms with Gasteiger partial charge >= 0.3 is 0 Å². The van der Waals surface area contributed by atoms with Crippen LogP contribution in [0.4, 0.5) is 0 Å². The van der Waals surface area contributed by atoms with Gasteiger partial charge in [0, 0.05) is 16.5 Å². The molecule has 0 aromatic carbocycles. The van der Waals surface area contributed by atoms with E-state index in [1.165, 1.54) is 18.4 Å². The Hall–Kier alpha value is -0.820. The summed E-state index contributed by atoms with van der Waals surface area (Å²) < 4.78 is 0. The van der Waals surface area contributed by atoms with Gasteiger partial charge in [0.1, 0.15) is 0 Å². The molecule has 0 radical (unpaired) electrons. The molecule has 0 aliphatic heterocycles. The van der Waals surface area contributed by atoms with Gasteiger partial charge in [-0.25, -0.2) is 0 Å². The molecule has 0 bridgehead atoms. The van der Waals surface area contributed by atoms with E-state index in [0.717, 1.165) is 12.8 Å². The third kappa shape index (κ3) is 5.58. The molecule has 0 aromatic rings. The highest BCUT2D eigenvalue weighted by Crippen LogP contribution is 2.52. The molecule has 0 saturated heterocycles. The molecule has 0 spiro atoms. The van der Waals surface area contributed by atoms with Crippen LogP contribution in [-0.4, -0.2) is 11.1 Å². The topological polar surface area (TPSA) is 12.0 Å². The molecule has 0 fully saturated rings. The SMILES string of the molecule is C=C(C)C(C)(CC)NC(C)(C)CC(C=CC)(C=CC)C(C)(CC)CC. The Bertz CT molecular complexity index is 464. The molecule has 0 aliphatic carbocycles. The predicted octanol–water partition coefficient (Wildman–Crippen LogP) is 7.45. The van der Waals surface area contributed by atoms with Gasteiger partial charge in [0.05, 0.1) is 0 Å². The average molecular weight is 348 g/mol. The first kappa shape index (κ1) is 24.2. The van der Waals surface area contributed by atoms with Crippen molar-refractivity contribution in [1.82, 2.24) is 5.32 Å². The summed E-state index contributed by atoms with van der Waals surface area (Å²) in [5, 5.41) is 3.94. The highest BCUT2D eigenvalue weighted by atomic mass is 15.0. The van der Waals surface area contributed by atoms with Crippen molar-refractivity contribution in [2.24, 2.45) is 10.8 Å². The molecule has 1 N–H and O–H groups in total. The molecule has 0 heterocycles. The van der Waals surface area contributed by atoms with Crippen LogP contribution in [0.1, 0.15) is 94.9 Å². The van der Waals surface area contributed by atoms with Gasteiger partial charge in [0.15, 0.2) is 0 Å². The Morgan fingerprint density at radius 1 is 0.880 bits per heavy atom. The number of rotatable bonds is 11. The molecular formula is C24H45N. The Morgan fingerprint density at radius 2 is 1.32 bits per heavy atom. The summed E-state index contributed by atoms with van der Waals surface area (Å²) in [5.41, 5.74) is 1.45. The molecular weight excluding hydrogens is 302 g/mol. The summed E-state index contributed by atoms with van der Waals surface area (Å²) in [5.74, 6) is 0. The van der Waals surface area contributed by atoms with Gasteiger partial charge in [-0.2, -0.15) is 0 Å². The van der Waals surface area contributed by atoms with Crippen molar-refractivity contribution < 1.29 is 0 Å². The lowest BCUT2D eigenvalue weighted by atomic mass is 9.57. The summed E-state index contributed by atoms with van der Waals surface area (Å²) in [6.45, 7) is 27.0.